The van der Waals surface area contributed by atoms with E-state index in [1.54, 1.807) is 12.1 Å². The van der Waals surface area contributed by atoms with Crippen molar-refractivity contribution in [3.63, 3.8) is 0 Å². The van der Waals surface area contributed by atoms with Gasteiger partial charge in [-0.2, -0.15) is 0 Å². The van der Waals surface area contributed by atoms with Gasteiger partial charge in [0.25, 0.3) is 0 Å². The normalized spacial score (nSPS) is 10.3. The van der Waals surface area contributed by atoms with E-state index in [2.05, 4.69) is 0 Å². The van der Waals surface area contributed by atoms with Crippen molar-refractivity contribution in [2.45, 2.75) is 19.3 Å². The van der Waals surface area contributed by atoms with Gasteiger partial charge in [-0.3, -0.25) is 4.79 Å². The number of aliphatic hydroxyl groups excluding tert-OH is 1. The molecule has 0 saturated carbocycles. The van der Waals surface area contributed by atoms with E-state index in [-0.39, 0.29) is 12.4 Å². The largest absolute Gasteiger partial charge is 0.396 e. The van der Waals surface area contributed by atoms with Crippen LogP contribution in [0.25, 0.3) is 0 Å². The van der Waals surface area contributed by atoms with E-state index < -0.39 is 0 Å². The number of carbonyl (C=O) groups is 1. The summed E-state index contributed by atoms with van der Waals surface area (Å²) in [5, 5.41) is 8.64. The van der Waals surface area contributed by atoms with Gasteiger partial charge in [-0.15, -0.1) is 0 Å². The number of hydrogen-bond acceptors (Lipinski definition) is 3. The highest BCUT2D eigenvalue weighted by molar-refractivity contribution is 5.75. The summed E-state index contributed by atoms with van der Waals surface area (Å²) in [4.78, 5) is 12.3. The third-order valence-corrected chi connectivity index (χ3v) is 2.67. The zero-order chi connectivity index (χ0) is 12.7. The predicted octanol–water partition coefficient (Wildman–Crippen LogP) is 2.24. The maximum atomic E-state index is 13.6. The quantitative estimate of drug-likeness (QED) is 0.586. The van der Waals surface area contributed by atoms with Crippen molar-refractivity contribution in [2.75, 3.05) is 25.1 Å². The molecule has 0 amide bonds. The van der Waals surface area contributed by atoms with Gasteiger partial charge in [0.05, 0.1) is 5.69 Å². The first-order valence-corrected chi connectivity index (χ1v) is 5.75. The number of benzene rings is 1. The van der Waals surface area contributed by atoms with Gasteiger partial charge in [-0.25, -0.2) is 4.39 Å². The fraction of sp³-hybridized carbons (Fsp3) is 0.462. The minimum atomic E-state index is -0.376. The third-order valence-electron chi connectivity index (χ3n) is 2.67. The fourth-order valence-corrected chi connectivity index (χ4v) is 1.66. The van der Waals surface area contributed by atoms with Crippen LogP contribution >= 0.6 is 0 Å². The van der Waals surface area contributed by atoms with Gasteiger partial charge in [0.2, 0.25) is 0 Å². The van der Waals surface area contributed by atoms with Crippen LogP contribution in [-0.2, 0) is 0 Å². The SMILES string of the molecule is CN(CCCCCO)c1ccc(C=O)cc1F. The van der Waals surface area contributed by atoms with E-state index in [9.17, 15) is 9.18 Å². The van der Waals surface area contributed by atoms with Gasteiger partial charge >= 0.3 is 0 Å². The van der Waals surface area contributed by atoms with Crippen LogP contribution in [0.15, 0.2) is 18.2 Å². The molecule has 1 N–H and O–H groups in total. The van der Waals surface area contributed by atoms with E-state index in [1.165, 1.54) is 6.07 Å². The number of hydrogen-bond donors (Lipinski definition) is 1. The summed E-state index contributed by atoms with van der Waals surface area (Å²) in [6.07, 6.45) is 3.25. The van der Waals surface area contributed by atoms with Crippen LogP contribution in [-0.4, -0.2) is 31.6 Å². The molecule has 0 spiro atoms. The minimum absolute atomic E-state index is 0.201. The molecular weight excluding hydrogens is 221 g/mol. The lowest BCUT2D eigenvalue weighted by Gasteiger charge is -2.19. The van der Waals surface area contributed by atoms with Gasteiger partial charge in [0.1, 0.15) is 12.1 Å². The summed E-state index contributed by atoms with van der Waals surface area (Å²) >= 11 is 0. The fourth-order valence-electron chi connectivity index (χ4n) is 1.66. The Hall–Kier alpha value is -1.42. The molecule has 0 saturated heterocycles. The Kier molecular flexibility index (Phi) is 5.63. The first kappa shape index (κ1) is 13.6. The van der Waals surface area contributed by atoms with Crippen LogP contribution in [0.1, 0.15) is 29.6 Å². The van der Waals surface area contributed by atoms with Gasteiger partial charge in [0.15, 0.2) is 0 Å². The summed E-state index contributed by atoms with van der Waals surface area (Å²) in [5.74, 6) is -0.376. The van der Waals surface area contributed by atoms with Crippen molar-refractivity contribution >= 4 is 12.0 Å². The highest BCUT2D eigenvalue weighted by atomic mass is 19.1. The van der Waals surface area contributed by atoms with E-state index in [4.69, 9.17) is 5.11 Å². The maximum Gasteiger partial charge on any atom is 0.150 e. The molecule has 1 rings (SSSR count). The standard InChI is InChI=1S/C13H18FNO2/c1-15(7-3-2-4-8-16)13-6-5-11(10-17)9-12(13)14/h5-6,9-10,16H,2-4,7-8H2,1H3. The summed E-state index contributed by atoms with van der Waals surface area (Å²) in [7, 11) is 1.82. The predicted molar refractivity (Wildman–Crippen MR) is 66.0 cm³/mol. The molecule has 0 aliphatic carbocycles. The summed E-state index contributed by atoms with van der Waals surface area (Å²) in [5.41, 5.74) is 0.847. The molecule has 17 heavy (non-hydrogen) atoms. The zero-order valence-electron chi connectivity index (χ0n) is 10.0. The van der Waals surface area contributed by atoms with Gasteiger partial charge in [0, 0.05) is 25.8 Å². The van der Waals surface area contributed by atoms with Crippen molar-refractivity contribution in [2.24, 2.45) is 0 Å². The van der Waals surface area contributed by atoms with E-state index in [0.29, 0.717) is 17.5 Å². The highest BCUT2D eigenvalue weighted by Gasteiger charge is 2.07. The number of nitrogens with zero attached hydrogens (tertiary/aromatic N) is 1. The Balaban J connectivity index is 2.56. The number of halogens is 1. The van der Waals surface area contributed by atoms with Crippen LogP contribution in [0.4, 0.5) is 10.1 Å². The number of aliphatic hydroxyl groups is 1. The van der Waals surface area contributed by atoms with Gasteiger partial charge < -0.3 is 10.0 Å². The minimum Gasteiger partial charge on any atom is -0.396 e. The number of aldehydes is 1. The summed E-state index contributed by atoms with van der Waals surface area (Å²) < 4.78 is 13.6. The van der Waals surface area contributed by atoms with Crippen molar-refractivity contribution in [3.8, 4) is 0 Å². The summed E-state index contributed by atoms with van der Waals surface area (Å²) in [6.45, 7) is 0.934. The topological polar surface area (TPSA) is 40.5 Å². The molecule has 0 aromatic heterocycles. The van der Waals surface area contributed by atoms with Crippen molar-refractivity contribution < 1.29 is 14.3 Å². The molecule has 1 aromatic rings. The van der Waals surface area contributed by atoms with Gasteiger partial charge in [-0.05, 0) is 37.5 Å². The number of unbranched alkanes of at least 4 members (excludes halogenated alkanes) is 2. The lowest BCUT2D eigenvalue weighted by molar-refractivity contribution is 0.112. The number of carbonyl (C=O) groups excluding carboxylic acids is 1. The average molecular weight is 239 g/mol. The molecule has 0 aliphatic heterocycles. The molecule has 0 radical (unpaired) electrons. The Morgan fingerprint density at radius 1 is 1.35 bits per heavy atom. The van der Waals surface area contributed by atoms with Crippen molar-refractivity contribution in [1.29, 1.82) is 0 Å². The molecule has 0 heterocycles. The molecular formula is C13H18FNO2. The smallest absolute Gasteiger partial charge is 0.150 e. The lowest BCUT2D eigenvalue weighted by atomic mass is 10.2. The zero-order valence-corrected chi connectivity index (χ0v) is 10.0. The molecule has 4 heteroatoms. The van der Waals surface area contributed by atoms with E-state index >= 15 is 0 Å². The van der Waals surface area contributed by atoms with E-state index in [1.807, 2.05) is 11.9 Å². The maximum absolute atomic E-state index is 13.6. The molecule has 3 nitrogen and oxygen atoms in total. The summed E-state index contributed by atoms with van der Waals surface area (Å²) in [6, 6.07) is 4.47. The van der Waals surface area contributed by atoms with Crippen molar-refractivity contribution in [3.05, 3.63) is 29.6 Å². The lowest BCUT2D eigenvalue weighted by Crippen LogP contribution is -2.19. The molecule has 0 aliphatic rings. The van der Waals surface area contributed by atoms with Gasteiger partial charge in [-0.1, -0.05) is 0 Å². The number of rotatable bonds is 7. The first-order valence-electron chi connectivity index (χ1n) is 5.75. The number of anilines is 1. The third kappa shape index (κ3) is 4.15. The molecule has 0 bridgehead atoms. The Bertz CT molecular complexity index is 368. The molecule has 0 unspecified atom stereocenters. The first-order chi connectivity index (χ1) is 8.19. The highest BCUT2D eigenvalue weighted by Crippen LogP contribution is 2.19. The van der Waals surface area contributed by atoms with Crippen LogP contribution < -0.4 is 4.90 Å². The molecule has 94 valence electrons. The average Bonchev–Trinajstić information content (AvgIpc) is 2.34. The van der Waals surface area contributed by atoms with Crippen LogP contribution in [0.2, 0.25) is 0 Å². The Morgan fingerprint density at radius 2 is 2.12 bits per heavy atom. The van der Waals surface area contributed by atoms with Crippen LogP contribution in [0.5, 0.6) is 0 Å². The second-order valence-corrected chi connectivity index (χ2v) is 4.03. The Morgan fingerprint density at radius 3 is 2.71 bits per heavy atom. The second kappa shape index (κ2) is 7.01. The second-order valence-electron chi connectivity index (χ2n) is 4.03. The molecule has 1 aromatic carbocycles. The van der Waals surface area contributed by atoms with Crippen LogP contribution in [0, 0.1) is 5.82 Å². The Labute approximate surface area is 101 Å². The monoisotopic (exact) mass is 239 g/mol. The van der Waals surface area contributed by atoms with Crippen molar-refractivity contribution in [1.82, 2.24) is 0 Å². The molecule has 0 fully saturated rings. The van der Waals surface area contributed by atoms with E-state index in [0.717, 1.165) is 25.8 Å². The molecule has 0 atom stereocenters. The van der Waals surface area contributed by atoms with Crippen LogP contribution in [0.3, 0.4) is 0 Å².